The number of hydrogen-bond donors (Lipinski definition) is 1. The Hall–Kier alpha value is -3.68. The van der Waals surface area contributed by atoms with Crippen molar-refractivity contribution in [1.29, 1.82) is 0 Å². The molecule has 2 aromatic rings. The molecule has 1 aliphatic carbocycles. The first-order valence-electron chi connectivity index (χ1n) is 11.0. The van der Waals surface area contributed by atoms with E-state index in [-0.39, 0.29) is 34.3 Å². The monoisotopic (exact) mass is 450 g/mol. The molecule has 0 unspecified atom stereocenters. The SMILES string of the molecule is COC(=O)c1cc(NC(=O)c2cccc3c2C(=O)N(C2CCCCC2)C3)cc(C(=O)OC)c1. The van der Waals surface area contributed by atoms with Gasteiger partial charge in [0.2, 0.25) is 0 Å². The van der Waals surface area contributed by atoms with E-state index in [2.05, 4.69) is 5.32 Å². The molecule has 1 saturated carbocycles. The topological polar surface area (TPSA) is 102 Å². The number of rotatable bonds is 5. The second kappa shape index (κ2) is 9.44. The number of carbonyl (C=O) groups excluding carboxylic acids is 4. The zero-order valence-corrected chi connectivity index (χ0v) is 18.7. The normalized spacial score (nSPS) is 15.7. The van der Waals surface area contributed by atoms with Gasteiger partial charge in [-0.25, -0.2) is 9.59 Å². The molecule has 0 bridgehead atoms. The molecule has 1 N–H and O–H groups in total. The fourth-order valence-corrected chi connectivity index (χ4v) is 4.63. The summed E-state index contributed by atoms with van der Waals surface area (Å²) in [6.45, 7) is 0.504. The van der Waals surface area contributed by atoms with Crippen LogP contribution in [0.5, 0.6) is 0 Å². The van der Waals surface area contributed by atoms with Crippen LogP contribution in [-0.2, 0) is 16.0 Å². The van der Waals surface area contributed by atoms with Crippen LogP contribution in [0.4, 0.5) is 5.69 Å². The van der Waals surface area contributed by atoms with Crippen LogP contribution in [0, 0.1) is 0 Å². The number of carbonyl (C=O) groups is 4. The van der Waals surface area contributed by atoms with E-state index in [0.29, 0.717) is 12.1 Å². The lowest BCUT2D eigenvalue weighted by Crippen LogP contribution is -2.37. The van der Waals surface area contributed by atoms with Gasteiger partial charge in [0.25, 0.3) is 11.8 Å². The largest absolute Gasteiger partial charge is 0.465 e. The van der Waals surface area contributed by atoms with Crippen LogP contribution in [0.15, 0.2) is 36.4 Å². The van der Waals surface area contributed by atoms with E-state index in [1.54, 1.807) is 12.1 Å². The predicted molar refractivity (Wildman–Crippen MR) is 120 cm³/mol. The summed E-state index contributed by atoms with van der Waals surface area (Å²) in [5.74, 6) is -1.94. The number of methoxy groups -OCH3 is 2. The van der Waals surface area contributed by atoms with Gasteiger partial charge in [0.05, 0.1) is 36.5 Å². The highest BCUT2D eigenvalue weighted by atomic mass is 16.5. The van der Waals surface area contributed by atoms with Crippen molar-refractivity contribution in [2.45, 2.75) is 44.7 Å². The first-order chi connectivity index (χ1) is 15.9. The molecule has 172 valence electrons. The highest BCUT2D eigenvalue weighted by Crippen LogP contribution is 2.33. The summed E-state index contributed by atoms with van der Waals surface area (Å²) >= 11 is 0. The van der Waals surface area contributed by atoms with Crippen molar-refractivity contribution in [3.8, 4) is 0 Å². The molecular formula is C25H26N2O6. The number of esters is 2. The summed E-state index contributed by atoms with van der Waals surface area (Å²) in [5, 5.41) is 2.72. The minimum Gasteiger partial charge on any atom is -0.465 e. The molecule has 33 heavy (non-hydrogen) atoms. The standard InChI is InChI=1S/C25H26N2O6/c1-32-24(30)16-11-17(25(31)33-2)13-18(12-16)26-22(28)20-10-6-7-15-14-27(23(29)21(15)20)19-8-4-3-5-9-19/h6-7,10-13,19H,3-5,8-9,14H2,1-2H3,(H,26,28). The Morgan fingerprint density at radius 1 is 0.939 bits per heavy atom. The Balaban J connectivity index is 1.62. The van der Waals surface area contributed by atoms with Crippen LogP contribution in [-0.4, -0.2) is 48.9 Å². The average molecular weight is 450 g/mol. The Bertz CT molecular complexity index is 1090. The number of ether oxygens (including phenoxy) is 2. The van der Waals surface area contributed by atoms with Crippen LogP contribution in [0.3, 0.4) is 0 Å². The van der Waals surface area contributed by atoms with Gasteiger partial charge in [-0.2, -0.15) is 0 Å². The Labute approximate surface area is 191 Å². The van der Waals surface area contributed by atoms with Gasteiger partial charge in [0, 0.05) is 18.3 Å². The van der Waals surface area contributed by atoms with E-state index in [0.717, 1.165) is 31.2 Å². The second-order valence-electron chi connectivity index (χ2n) is 8.30. The van der Waals surface area contributed by atoms with Crippen LogP contribution in [0.25, 0.3) is 0 Å². The molecule has 2 amide bonds. The maximum absolute atomic E-state index is 13.3. The number of nitrogens with zero attached hydrogens (tertiary/aromatic N) is 1. The maximum atomic E-state index is 13.3. The Kier molecular flexibility index (Phi) is 6.44. The summed E-state index contributed by atoms with van der Waals surface area (Å²) < 4.78 is 9.48. The average Bonchev–Trinajstić information content (AvgIpc) is 3.19. The van der Waals surface area contributed by atoms with Crippen molar-refractivity contribution in [2.24, 2.45) is 0 Å². The molecule has 2 aliphatic rings. The zero-order valence-electron chi connectivity index (χ0n) is 18.7. The Morgan fingerprint density at radius 2 is 1.58 bits per heavy atom. The lowest BCUT2D eigenvalue weighted by atomic mass is 9.94. The minimum atomic E-state index is -0.657. The van der Waals surface area contributed by atoms with Crippen molar-refractivity contribution in [2.75, 3.05) is 19.5 Å². The molecule has 0 spiro atoms. The molecule has 0 atom stereocenters. The molecule has 1 fully saturated rings. The summed E-state index contributed by atoms with van der Waals surface area (Å²) in [5.41, 5.74) is 1.91. The van der Waals surface area contributed by atoms with E-state index in [1.165, 1.54) is 38.8 Å². The third kappa shape index (κ3) is 4.46. The Morgan fingerprint density at radius 3 is 2.18 bits per heavy atom. The molecule has 1 heterocycles. The number of nitrogens with one attached hydrogen (secondary N) is 1. The van der Waals surface area contributed by atoms with Crippen molar-refractivity contribution in [1.82, 2.24) is 4.90 Å². The van der Waals surface area contributed by atoms with Crippen LogP contribution < -0.4 is 5.32 Å². The van der Waals surface area contributed by atoms with Gasteiger partial charge in [-0.1, -0.05) is 31.4 Å². The predicted octanol–water partition coefficient (Wildman–Crippen LogP) is 3.80. The van der Waals surface area contributed by atoms with Gasteiger partial charge >= 0.3 is 11.9 Å². The molecule has 8 nitrogen and oxygen atoms in total. The number of hydrogen-bond acceptors (Lipinski definition) is 6. The summed E-state index contributed by atoms with van der Waals surface area (Å²) in [6, 6.07) is 9.61. The van der Waals surface area contributed by atoms with E-state index >= 15 is 0 Å². The fourth-order valence-electron chi connectivity index (χ4n) is 4.63. The second-order valence-corrected chi connectivity index (χ2v) is 8.30. The highest BCUT2D eigenvalue weighted by Gasteiger charge is 2.36. The lowest BCUT2D eigenvalue weighted by molar-refractivity contribution is 0.0597. The third-order valence-electron chi connectivity index (χ3n) is 6.26. The first kappa shape index (κ1) is 22.5. The van der Waals surface area contributed by atoms with E-state index in [9.17, 15) is 19.2 Å². The van der Waals surface area contributed by atoms with Gasteiger partial charge in [0.15, 0.2) is 0 Å². The zero-order chi connectivity index (χ0) is 23.5. The van der Waals surface area contributed by atoms with Gasteiger partial charge in [-0.3, -0.25) is 9.59 Å². The van der Waals surface area contributed by atoms with Crippen molar-refractivity contribution >= 4 is 29.4 Å². The molecule has 8 heteroatoms. The summed E-state index contributed by atoms with van der Waals surface area (Å²) in [7, 11) is 2.45. The van der Waals surface area contributed by atoms with Crippen LogP contribution in [0.2, 0.25) is 0 Å². The number of anilines is 1. The van der Waals surface area contributed by atoms with Crippen LogP contribution >= 0.6 is 0 Å². The highest BCUT2D eigenvalue weighted by molar-refractivity contribution is 6.14. The molecular weight excluding hydrogens is 424 g/mol. The van der Waals surface area contributed by atoms with Crippen LogP contribution in [0.1, 0.15) is 79.1 Å². The van der Waals surface area contributed by atoms with E-state index < -0.39 is 17.8 Å². The molecule has 0 aromatic heterocycles. The molecule has 0 radical (unpaired) electrons. The quantitative estimate of drug-likeness (QED) is 0.696. The van der Waals surface area contributed by atoms with Gasteiger partial charge in [0.1, 0.15) is 0 Å². The van der Waals surface area contributed by atoms with Gasteiger partial charge in [-0.15, -0.1) is 0 Å². The molecule has 1 aliphatic heterocycles. The first-order valence-corrected chi connectivity index (χ1v) is 11.0. The lowest BCUT2D eigenvalue weighted by Gasteiger charge is -2.30. The fraction of sp³-hybridized carbons (Fsp3) is 0.360. The smallest absolute Gasteiger partial charge is 0.337 e. The third-order valence-corrected chi connectivity index (χ3v) is 6.26. The summed E-state index contributed by atoms with van der Waals surface area (Å²) in [4.78, 5) is 52.4. The number of amides is 2. The minimum absolute atomic E-state index is 0.0912. The summed E-state index contributed by atoms with van der Waals surface area (Å²) in [6.07, 6.45) is 5.38. The van der Waals surface area contributed by atoms with E-state index in [4.69, 9.17) is 9.47 Å². The van der Waals surface area contributed by atoms with Gasteiger partial charge < -0.3 is 19.7 Å². The molecule has 2 aromatic carbocycles. The number of fused-ring (bicyclic) bond motifs is 1. The molecule has 4 rings (SSSR count). The van der Waals surface area contributed by atoms with Crippen molar-refractivity contribution < 1.29 is 28.7 Å². The van der Waals surface area contributed by atoms with Crippen molar-refractivity contribution in [3.05, 3.63) is 64.2 Å². The maximum Gasteiger partial charge on any atom is 0.337 e. The van der Waals surface area contributed by atoms with Gasteiger partial charge in [-0.05, 0) is 42.7 Å². The molecule has 0 saturated heterocycles. The number of benzene rings is 2. The van der Waals surface area contributed by atoms with Crippen molar-refractivity contribution in [3.63, 3.8) is 0 Å². The van der Waals surface area contributed by atoms with E-state index in [1.807, 2.05) is 11.0 Å².